The molecular formula is C12H22N2O5S. The molecule has 20 heavy (non-hydrogen) atoms. The lowest BCUT2D eigenvalue weighted by molar-refractivity contribution is -0.139. The Kier molecular flexibility index (Phi) is 5.94. The zero-order valence-electron chi connectivity index (χ0n) is 11.9. The van der Waals surface area contributed by atoms with Gasteiger partial charge in [0.1, 0.15) is 0 Å². The molecular weight excluding hydrogens is 284 g/mol. The van der Waals surface area contributed by atoms with Crippen molar-refractivity contribution in [3.63, 3.8) is 0 Å². The van der Waals surface area contributed by atoms with Gasteiger partial charge in [0, 0.05) is 32.6 Å². The van der Waals surface area contributed by atoms with E-state index in [1.807, 2.05) is 0 Å². The van der Waals surface area contributed by atoms with E-state index in [-0.39, 0.29) is 30.5 Å². The van der Waals surface area contributed by atoms with E-state index in [4.69, 9.17) is 5.11 Å². The number of rotatable bonds is 6. The quantitative estimate of drug-likeness (QED) is 0.744. The predicted molar refractivity (Wildman–Crippen MR) is 73.6 cm³/mol. The lowest BCUT2D eigenvalue weighted by atomic mass is 9.96. The Balaban J connectivity index is 2.48. The topological polar surface area (TPSA) is 95.0 Å². The van der Waals surface area contributed by atoms with Crippen molar-refractivity contribution in [2.75, 3.05) is 32.4 Å². The maximum atomic E-state index is 12.1. The van der Waals surface area contributed by atoms with Gasteiger partial charge in [-0.2, -0.15) is 0 Å². The van der Waals surface area contributed by atoms with Crippen molar-refractivity contribution in [2.45, 2.75) is 26.2 Å². The minimum Gasteiger partial charge on any atom is -0.481 e. The zero-order chi connectivity index (χ0) is 15.3. The molecule has 0 bridgehead atoms. The average Bonchev–Trinajstić information content (AvgIpc) is 2.44. The summed E-state index contributed by atoms with van der Waals surface area (Å²) in [5, 5.41) is 8.59. The largest absolute Gasteiger partial charge is 0.481 e. The van der Waals surface area contributed by atoms with Gasteiger partial charge in [0.05, 0.1) is 12.2 Å². The molecule has 1 aliphatic heterocycles. The van der Waals surface area contributed by atoms with Crippen LogP contribution in [0.15, 0.2) is 0 Å². The third-order valence-electron chi connectivity index (χ3n) is 3.60. The van der Waals surface area contributed by atoms with Gasteiger partial charge in [-0.05, 0) is 19.8 Å². The molecule has 0 aromatic heterocycles. The number of piperidine rings is 1. The molecule has 0 spiro atoms. The lowest BCUT2D eigenvalue weighted by Gasteiger charge is -2.32. The van der Waals surface area contributed by atoms with E-state index in [0.29, 0.717) is 25.9 Å². The van der Waals surface area contributed by atoms with Crippen LogP contribution >= 0.6 is 0 Å². The van der Waals surface area contributed by atoms with Crippen molar-refractivity contribution in [3.8, 4) is 0 Å². The standard InChI is InChI=1S/C12H22N2O5S/c1-3-20(18,19)14-8-4-10(5-9-14)12(17)13(2)7-6-11(15)16/h10H,3-9H2,1-2H3,(H,15,16). The maximum Gasteiger partial charge on any atom is 0.305 e. The fourth-order valence-corrected chi connectivity index (χ4v) is 3.38. The van der Waals surface area contributed by atoms with Crippen LogP contribution in [-0.4, -0.2) is 67.0 Å². The molecule has 0 aromatic rings. The summed E-state index contributed by atoms with van der Waals surface area (Å²) in [7, 11) is -1.60. The number of carboxylic acids is 1. The third-order valence-corrected chi connectivity index (χ3v) is 5.48. The first-order valence-electron chi connectivity index (χ1n) is 6.72. The molecule has 7 nitrogen and oxygen atoms in total. The van der Waals surface area contributed by atoms with Gasteiger partial charge in [-0.1, -0.05) is 0 Å². The number of carbonyl (C=O) groups is 2. The van der Waals surface area contributed by atoms with E-state index in [1.54, 1.807) is 14.0 Å². The first-order chi connectivity index (χ1) is 9.27. The fraction of sp³-hybridized carbons (Fsp3) is 0.833. The third kappa shape index (κ3) is 4.45. The second-order valence-electron chi connectivity index (χ2n) is 4.98. The van der Waals surface area contributed by atoms with Crippen LogP contribution in [0.1, 0.15) is 26.2 Å². The van der Waals surface area contributed by atoms with Gasteiger partial charge < -0.3 is 10.0 Å². The normalized spacial score (nSPS) is 17.9. The highest BCUT2D eigenvalue weighted by Crippen LogP contribution is 2.21. The minimum atomic E-state index is -3.18. The van der Waals surface area contributed by atoms with Gasteiger partial charge >= 0.3 is 5.97 Å². The summed E-state index contributed by atoms with van der Waals surface area (Å²) >= 11 is 0. The first kappa shape index (κ1) is 16.9. The molecule has 0 radical (unpaired) electrons. The number of aliphatic carboxylic acids is 1. The Morgan fingerprint density at radius 3 is 2.30 bits per heavy atom. The number of hydrogen-bond donors (Lipinski definition) is 1. The molecule has 0 saturated carbocycles. The van der Waals surface area contributed by atoms with E-state index in [0.717, 1.165) is 0 Å². The van der Waals surface area contributed by atoms with E-state index >= 15 is 0 Å². The molecule has 1 heterocycles. The monoisotopic (exact) mass is 306 g/mol. The van der Waals surface area contributed by atoms with Crippen LogP contribution < -0.4 is 0 Å². The smallest absolute Gasteiger partial charge is 0.305 e. The molecule has 0 atom stereocenters. The van der Waals surface area contributed by atoms with Crippen molar-refractivity contribution in [1.82, 2.24) is 9.21 Å². The highest BCUT2D eigenvalue weighted by Gasteiger charge is 2.31. The van der Waals surface area contributed by atoms with Gasteiger partial charge in [0.15, 0.2) is 0 Å². The average molecular weight is 306 g/mol. The number of nitrogens with zero attached hydrogens (tertiary/aromatic N) is 2. The van der Waals surface area contributed by atoms with Crippen LogP contribution in [0.25, 0.3) is 0 Å². The van der Waals surface area contributed by atoms with Gasteiger partial charge in [-0.25, -0.2) is 12.7 Å². The molecule has 0 unspecified atom stereocenters. The Labute approximate surface area is 119 Å². The van der Waals surface area contributed by atoms with Crippen LogP contribution in [0, 0.1) is 5.92 Å². The van der Waals surface area contributed by atoms with Crippen LogP contribution in [0.3, 0.4) is 0 Å². The second kappa shape index (κ2) is 7.03. The van der Waals surface area contributed by atoms with Crippen LogP contribution in [0.4, 0.5) is 0 Å². The van der Waals surface area contributed by atoms with Crippen LogP contribution in [0.2, 0.25) is 0 Å². The van der Waals surface area contributed by atoms with Crippen molar-refractivity contribution in [1.29, 1.82) is 0 Å². The number of carbonyl (C=O) groups excluding carboxylic acids is 1. The molecule has 116 valence electrons. The Hall–Kier alpha value is -1.15. The summed E-state index contributed by atoms with van der Waals surface area (Å²) < 4.78 is 24.8. The van der Waals surface area contributed by atoms with Gasteiger partial charge in [0.25, 0.3) is 0 Å². The lowest BCUT2D eigenvalue weighted by Crippen LogP contribution is -2.44. The van der Waals surface area contributed by atoms with Crippen LogP contribution in [0.5, 0.6) is 0 Å². The maximum absolute atomic E-state index is 12.1. The summed E-state index contributed by atoms with van der Waals surface area (Å²) in [6.07, 6.45) is 0.913. The molecule has 1 amide bonds. The van der Waals surface area contributed by atoms with Crippen LogP contribution in [-0.2, 0) is 19.6 Å². The minimum absolute atomic E-state index is 0.0735. The number of sulfonamides is 1. The van der Waals surface area contributed by atoms with Gasteiger partial charge in [-0.15, -0.1) is 0 Å². The second-order valence-corrected chi connectivity index (χ2v) is 7.23. The van der Waals surface area contributed by atoms with E-state index < -0.39 is 16.0 Å². The highest BCUT2D eigenvalue weighted by atomic mass is 32.2. The Bertz CT molecular complexity index is 454. The summed E-state index contributed by atoms with van der Waals surface area (Å²) in [4.78, 5) is 24.0. The molecule has 1 rings (SSSR count). The molecule has 0 aliphatic carbocycles. The Morgan fingerprint density at radius 1 is 1.30 bits per heavy atom. The molecule has 1 aliphatic rings. The van der Waals surface area contributed by atoms with Crippen molar-refractivity contribution < 1.29 is 23.1 Å². The van der Waals surface area contributed by atoms with Crippen molar-refractivity contribution in [3.05, 3.63) is 0 Å². The molecule has 1 N–H and O–H groups in total. The van der Waals surface area contributed by atoms with E-state index in [1.165, 1.54) is 9.21 Å². The molecule has 1 saturated heterocycles. The first-order valence-corrected chi connectivity index (χ1v) is 8.33. The SMILES string of the molecule is CCS(=O)(=O)N1CCC(C(=O)N(C)CCC(=O)O)CC1. The highest BCUT2D eigenvalue weighted by molar-refractivity contribution is 7.89. The number of carboxylic acid groups (broad SMARTS) is 1. The molecule has 0 aromatic carbocycles. The summed E-state index contributed by atoms with van der Waals surface area (Å²) in [6, 6.07) is 0. The summed E-state index contributed by atoms with van der Waals surface area (Å²) in [5.74, 6) is -1.17. The summed E-state index contributed by atoms with van der Waals surface area (Å²) in [5.41, 5.74) is 0. The number of amides is 1. The Morgan fingerprint density at radius 2 is 1.85 bits per heavy atom. The van der Waals surface area contributed by atoms with Crippen molar-refractivity contribution in [2.24, 2.45) is 5.92 Å². The molecule has 8 heteroatoms. The van der Waals surface area contributed by atoms with Gasteiger partial charge in [0.2, 0.25) is 15.9 Å². The fourth-order valence-electron chi connectivity index (χ4n) is 2.25. The summed E-state index contributed by atoms with van der Waals surface area (Å²) in [6.45, 7) is 2.51. The predicted octanol–water partition coefficient (Wildman–Crippen LogP) is -0.0188. The van der Waals surface area contributed by atoms with Gasteiger partial charge in [-0.3, -0.25) is 9.59 Å². The molecule has 1 fully saturated rings. The van der Waals surface area contributed by atoms with E-state index in [2.05, 4.69) is 0 Å². The zero-order valence-corrected chi connectivity index (χ0v) is 12.7. The van der Waals surface area contributed by atoms with Crippen molar-refractivity contribution >= 4 is 21.9 Å². The number of hydrogen-bond acceptors (Lipinski definition) is 4. The van der Waals surface area contributed by atoms with E-state index in [9.17, 15) is 18.0 Å².